The lowest BCUT2D eigenvalue weighted by Crippen LogP contribution is -2.05. The molecule has 84 valence electrons. The van der Waals surface area contributed by atoms with Gasteiger partial charge in [0.05, 0.1) is 12.4 Å². The molecule has 16 heavy (non-hydrogen) atoms. The summed E-state index contributed by atoms with van der Waals surface area (Å²) in [4.78, 5) is 12.4. The van der Waals surface area contributed by atoms with E-state index in [1.807, 2.05) is 0 Å². The monoisotopic (exact) mass is 238 g/mol. The Kier molecular flexibility index (Phi) is 3.62. The number of ether oxygens (including phenoxy) is 1. The number of benzene rings is 1. The Hall–Kier alpha value is -1.29. The van der Waals surface area contributed by atoms with Crippen LogP contribution in [0, 0.1) is 5.82 Å². The van der Waals surface area contributed by atoms with Crippen molar-refractivity contribution in [2.75, 3.05) is 12.4 Å². The Morgan fingerprint density at radius 1 is 1.50 bits per heavy atom. The van der Waals surface area contributed by atoms with Gasteiger partial charge in [-0.1, -0.05) is 6.07 Å². The standard InChI is InChI=1S/C12H11FO2S/c13-9-3-1-4-10(7-9)16-8-11(14)12-5-2-6-15-12/h1,3-5,7H,2,6,8H2. The van der Waals surface area contributed by atoms with E-state index in [4.69, 9.17) is 4.74 Å². The highest BCUT2D eigenvalue weighted by Gasteiger charge is 2.14. The molecule has 1 aromatic rings. The Balaban J connectivity index is 1.90. The van der Waals surface area contributed by atoms with Crippen molar-refractivity contribution in [2.45, 2.75) is 11.3 Å². The van der Waals surface area contributed by atoms with Gasteiger partial charge in [0.2, 0.25) is 5.78 Å². The van der Waals surface area contributed by atoms with Crippen molar-refractivity contribution < 1.29 is 13.9 Å². The van der Waals surface area contributed by atoms with E-state index in [9.17, 15) is 9.18 Å². The molecule has 0 spiro atoms. The molecule has 0 unspecified atom stereocenters. The van der Waals surface area contributed by atoms with Crippen LogP contribution < -0.4 is 0 Å². The summed E-state index contributed by atoms with van der Waals surface area (Å²) in [5, 5.41) is 0. The molecular formula is C12H11FO2S. The number of rotatable bonds is 4. The van der Waals surface area contributed by atoms with E-state index in [0.717, 1.165) is 11.3 Å². The predicted molar refractivity (Wildman–Crippen MR) is 60.8 cm³/mol. The minimum absolute atomic E-state index is 0.0354. The number of halogens is 1. The molecule has 0 bridgehead atoms. The molecule has 0 N–H and O–H groups in total. The average molecular weight is 238 g/mol. The molecule has 1 aromatic carbocycles. The summed E-state index contributed by atoms with van der Waals surface area (Å²) in [5.74, 6) is 0.416. The van der Waals surface area contributed by atoms with Gasteiger partial charge >= 0.3 is 0 Å². The fourth-order valence-corrected chi connectivity index (χ4v) is 2.20. The molecule has 0 amide bonds. The van der Waals surface area contributed by atoms with Gasteiger partial charge < -0.3 is 4.74 Å². The van der Waals surface area contributed by atoms with Crippen molar-refractivity contribution in [3.63, 3.8) is 0 Å². The highest BCUT2D eigenvalue weighted by atomic mass is 32.2. The summed E-state index contributed by atoms with van der Waals surface area (Å²) < 4.78 is 18.0. The van der Waals surface area contributed by atoms with Gasteiger partial charge in [-0.2, -0.15) is 0 Å². The van der Waals surface area contributed by atoms with Gasteiger partial charge in [-0.3, -0.25) is 4.79 Å². The lowest BCUT2D eigenvalue weighted by Gasteiger charge is -2.03. The maximum atomic E-state index is 12.9. The summed E-state index contributed by atoms with van der Waals surface area (Å²) >= 11 is 1.32. The Labute approximate surface area is 97.5 Å². The van der Waals surface area contributed by atoms with Crippen molar-refractivity contribution in [1.29, 1.82) is 0 Å². The quantitative estimate of drug-likeness (QED) is 0.754. The van der Waals surface area contributed by atoms with E-state index in [2.05, 4.69) is 0 Å². The van der Waals surface area contributed by atoms with Gasteiger partial charge in [-0.25, -0.2) is 4.39 Å². The molecule has 4 heteroatoms. The molecule has 1 aliphatic heterocycles. The van der Waals surface area contributed by atoms with E-state index in [-0.39, 0.29) is 17.4 Å². The van der Waals surface area contributed by atoms with Crippen LogP contribution in [0.25, 0.3) is 0 Å². The highest BCUT2D eigenvalue weighted by Crippen LogP contribution is 2.21. The first kappa shape index (κ1) is 11.2. The molecule has 0 radical (unpaired) electrons. The molecule has 0 aliphatic carbocycles. The maximum Gasteiger partial charge on any atom is 0.207 e. The van der Waals surface area contributed by atoms with E-state index in [0.29, 0.717) is 12.4 Å². The van der Waals surface area contributed by atoms with Gasteiger partial charge in [0, 0.05) is 11.3 Å². The van der Waals surface area contributed by atoms with Gasteiger partial charge in [0.15, 0.2) is 5.76 Å². The SMILES string of the molecule is O=C(CSc1cccc(F)c1)C1=CCCO1. The van der Waals surface area contributed by atoms with Crippen LogP contribution in [0.4, 0.5) is 4.39 Å². The Morgan fingerprint density at radius 2 is 2.38 bits per heavy atom. The predicted octanol–water partition coefficient (Wildman–Crippen LogP) is 2.79. The van der Waals surface area contributed by atoms with Crippen LogP contribution in [0.1, 0.15) is 6.42 Å². The van der Waals surface area contributed by atoms with Crippen molar-refractivity contribution in [3.8, 4) is 0 Å². The minimum atomic E-state index is -0.284. The Morgan fingerprint density at radius 3 is 3.06 bits per heavy atom. The van der Waals surface area contributed by atoms with Crippen LogP contribution in [0.15, 0.2) is 41.0 Å². The van der Waals surface area contributed by atoms with Crippen LogP contribution in [0.2, 0.25) is 0 Å². The third-order valence-electron chi connectivity index (χ3n) is 2.15. The number of thioether (sulfide) groups is 1. The normalized spacial score (nSPS) is 14.4. The summed E-state index contributed by atoms with van der Waals surface area (Å²) in [7, 11) is 0. The van der Waals surface area contributed by atoms with Crippen LogP contribution in [-0.2, 0) is 9.53 Å². The smallest absolute Gasteiger partial charge is 0.207 e. The summed E-state index contributed by atoms with van der Waals surface area (Å²) in [5.41, 5.74) is 0. The molecule has 2 nitrogen and oxygen atoms in total. The first-order valence-electron chi connectivity index (χ1n) is 5.00. The zero-order chi connectivity index (χ0) is 11.4. The molecule has 2 rings (SSSR count). The van der Waals surface area contributed by atoms with Crippen molar-refractivity contribution in [1.82, 2.24) is 0 Å². The van der Waals surface area contributed by atoms with Crippen LogP contribution in [0.3, 0.4) is 0 Å². The maximum absolute atomic E-state index is 12.9. The van der Waals surface area contributed by atoms with E-state index < -0.39 is 0 Å². The highest BCUT2D eigenvalue weighted by molar-refractivity contribution is 8.00. The minimum Gasteiger partial charge on any atom is -0.490 e. The van der Waals surface area contributed by atoms with Crippen molar-refractivity contribution in [3.05, 3.63) is 41.9 Å². The van der Waals surface area contributed by atoms with E-state index >= 15 is 0 Å². The molecule has 0 saturated carbocycles. The lowest BCUT2D eigenvalue weighted by molar-refractivity contribution is -0.116. The number of carbonyl (C=O) groups is 1. The zero-order valence-corrected chi connectivity index (χ0v) is 9.43. The second-order valence-corrected chi connectivity index (χ2v) is 4.42. The van der Waals surface area contributed by atoms with Gasteiger partial charge in [-0.05, 0) is 24.3 Å². The second kappa shape index (κ2) is 5.16. The molecule has 1 heterocycles. The number of ketones is 1. The fourth-order valence-electron chi connectivity index (χ4n) is 1.39. The van der Waals surface area contributed by atoms with Gasteiger partial charge in [0.1, 0.15) is 5.82 Å². The largest absolute Gasteiger partial charge is 0.490 e. The Bertz CT molecular complexity index is 429. The molecule has 0 fully saturated rings. The lowest BCUT2D eigenvalue weighted by atomic mass is 10.3. The zero-order valence-electron chi connectivity index (χ0n) is 8.61. The number of hydrogen-bond donors (Lipinski definition) is 0. The van der Waals surface area contributed by atoms with Gasteiger partial charge in [0.25, 0.3) is 0 Å². The molecule has 1 aliphatic rings. The van der Waals surface area contributed by atoms with Crippen LogP contribution in [0.5, 0.6) is 0 Å². The first-order valence-corrected chi connectivity index (χ1v) is 5.99. The molecule has 0 saturated heterocycles. The van der Waals surface area contributed by atoms with E-state index in [1.54, 1.807) is 18.2 Å². The molecule has 0 atom stereocenters. The summed E-state index contributed by atoms with van der Waals surface area (Å²) in [6.07, 6.45) is 2.60. The second-order valence-electron chi connectivity index (χ2n) is 3.37. The number of allylic oxidation sites excluding steroid dienone is 1. The van der Waals surface area contributed by atoms with E-state index in [1.165, 1.54) is 23.9 Å². The average Bonchev–Trinajstić information content (AvgIpc) is 2.79. The van der Waals surface area contributed by atoms with Gasteiger partial charge in [-0.15, -0.1) is 11.8 Å². The number of Topliss-reactive ketones (excluding diaryl/α,β-unsaturated/α-hetero) is 1. The van der Waals surface area contributed by atoms with Crippen molar-refractivity contribution >= 4 is 17.5 Å². The van der Waals surface area contributed by atoms with Crippen LogP contribution >= 0.6 is 11.8 Å². The molecule has 0 aromatic heterocycles. The third kappa shape index (κ3) is 2.85. The number of carbonyl (C=O) groups excluding carboxylic acids is 1. The van der Waals surface area contributed by atoms with Crippen LogP contribution in [-0.4, -0.2) is 18.1 Å². The third-order valence-corrected chi connectivity index (χ3v) is 3.14. The summed E-state index contributed by atoms with van der Waals surface area (Å²) in [6.45, 7) is 0.589. The fraction of sp³-hybridized carbons (Fsp3) is 0.250. The number of hydrogen-bond acceptors (Lipinski definition) is 3. The first-order chi connectivity index (χ1) is 7.75. The van der Waals surface area contributed by atoms with Crippen molar-refractivity contribution in [2.24, 2.45) is 0 Å². The topological polar surface area (TPSA) is 26.3 Å². The summed E-state index contributed by atoms with van der Waals surface area (Å²) in [6, 6.07) is 6.22. The molecular weight excluding hydrogens is 227 g/mol.